The van der Waals surface area contributed by atoms with Gasteiger partial charge in [-0.1, -0.05) is 5.21 Å². The van der Waals surface area contributed by atoms with Crippen molar-refractivity contribution in [3.63, 3.8) is 0 Å². The number of hydrogen-bond acceptors (Lipinski definition) is 5. The number of rotatable bonds is 8. The lowest BCUT2D eigenvalue weighted by Crippen LogP contribution is -3.00. The normalized spacial score (nSPS) is 10.9. The van der Waals surface area contributed by atoms with Crippen molar-refractivity contribution in [1.29, 1.82) is 0 Å². The SMILES string of the molecule is CC[N+](CC)(CC)CC(=O)OCCc1nn[nH]n1.[Br-]. The number of carbonyl (C=O) groups is 1. The summed E-state index contributed by atoms with van der Waals surface area (Å²) >= 11 is 0. The molecule has 0 atom stereocenters. The molecule has 1 aromatic rings. The van der Waals surface area contributed by atoms with Crippen LogP contribution in [-0.4, -0.2) is 63.9 Å². The lowest BCUT2D eigenvalue weighted by Gasteiger charge is -2.34. The molecule has 0 unspecified atom stereocenters. The fourth-order valence-corrected chi connectivity index (χ4v) is 1.87. The van der Waals surface area contributed by atoms with Crippen LogP contribution >= 0.6 is 0 Å². The summed E-state index contributed by atoms with van der Waals surface area (Å²) < 4.78 is 5.97. The van der Waals surface area contributed by atoms with Gasteiger partial charge in [0.05, 0.1) is 26.2 Å². The van der Waals surface area contributed by atoms with Crippen LogP contribution in [0.3, 0.4) is 0 Å². The minimum Gasteiger partial charge on any atom is -1.00 e. The fourth-order valence-electron chi connectivity index (χ4n) is 1.87. The molecule has 8 heteroatoms. The number of nitrogens with one attached hydrogen (secondary N) is 1. The summed E-state index contributed by atoms with van der Waals surface area (Å²) in [6.45, 7) is 9.83. The molecule has 0 bridgehead atoms. The number of ether oxygens (including phenoxy) is 1. The highest BCUT2D eigenvalue weighted by Crippen LogP contribution is 2.06. The summed E-state index contributed by atoms with van der Waals surface area (Å²) in [6, 6.07) is 0. The summed E-state index contributed by atoms with van der Waals surface area (Å²) in [5.41, 5.74) is 0. The second kappa shape index (κ2) is 8.98. The van der Waals surface area contributed by atoms with E-state index in [-0.39, 0.29) is 23.0 Å². The first kappa shape index (κ1) is 18.0. The van der Waals surface area contributed by atoms with Gasteiger partial charge in [0.25, 0.3) is 0 Å². The molecule has 0 fully saturated rings. The predicted octanol–water partition coefficient (Wildman–Crippen LogP) is -2.83. The van der Waals surface area contributed by atoms with Gasteiger partial charge < -0.3 is 26.2 Å². The molecule has 0 aliphatic carbocycles. The highest BCUT2D eigenvalue weighted by Gasteiger charge is 2.25. The van der Waals surface area contributed by atoms with Gasteiger partial charge in [-0.05, 0) is 20.8 Å². The Morgan fingerprint density at radius 3 is 2.37 bits per heavy atom. The third kappa shape index (κ3) is 5.65. The van der Waals surface area contributed by atoms with E-state index in [0.29, 0.717) is 25.4 Å². The van der Waals surface area contributed by atoms with Gasteiger partial charge in [-0.15, -0.1) is 10.2 Å². The standard InChI is InChI=1S/C11H22N5O2.BrH/c1-4-16(5-2,6-3)9-11(17)18-8-7-10-12-14-15-13-10;/h4-9H2,1-3H3,(H,12,13,14,15);1H/q+1;/p-1. The largest absolute Gasteiger partial charge is 1.00 e. The third-order valence-corrected chi connectivity index (χ3v) is 3.45. The fraction of sp³-hybridized carbons (Fsp3) is 0.818. The molecule has 0 aliphatic rings. The number of esters is 1. The van der Waals surface area contributed by atoms with E-state index in [9.17, 15) is 4.79 Å². The molecular weight excluding hydrogens is 314 g/mol. The molecular formula is C11H22BrN5O2. The van der Waals surface area contributed by atoms with Crippen LogP contribution in [0.15, 0.2) is 0 Å². The topological polar surface area (TPSA) is 80.8 Å². The van der Waals surface area contributed by atoms with Crippen molar-refractivity contribution >= 4 is 5.97 Å². The van der Waals surface area contributed by atoms with Crippen molar-refractivity contribution in [3.8, 4) is 0 Å². The third-order valence-electron chi connectivity index (χ3n) is 3.45. The first-order valence-corrected chi connectivity index (χ1v) is 6.38. The van der Waals surface area contributed by atoms with Crippen molar-refractivity contribution < 1.29 is 31.0 Å². The Bertz CT molecular complexity index is 346. The van der Waals surface area contributed by atoms with Crippen LogP contribution in [0, 0.1) is 0 Å². The van der Waals surface area contributed by atoms with Gasteiger partial charge in [0, 0.05) is 6.42 Å². The van der Waals surface area contributed by atoms with E-state index in [1.54, 1.807) is 0 Å². The Kier molecular flexibility index (Phi) is 8.49. The van der Waals surface area contributed by atoms with Crippen LogP contribution < -0.4 is 17.0 Å². The number of likely N-dealkylation sites (N-methyl/N-ethyl adjacent to an activating group) is 1. The maximum Gasteiger partial charge on any atom is 0.361 e. The van der Waals surface area contributed by atoms with Crippen LogP contribution in [0.25, 0.3) is 0 Å². The van der Waals surface area contributed by atoms with Crippen LogP contribution in [-0.2, 0) is 16.0 Å². The number of tetrazole rings is 1. The smallest absolute Gasteiger partial charge is 0.361 e. The number of nitrogens with zero attached hydrogens (tertiary/aromatic N) is 4. The molecule has 0 aromatic carbocycles. The minimum absolute atomic E-state index is 0. The first-order valence-electron chi connectivity index (χ1n) is 6.38. The van der Waals surface area contributed by atoms with Crippen molar-refractivity contribution in [3.05, 3.63) is 5.82 Å². The highest BCUT2D eigenvalue weighted by atomic mass is 79.9. The molecule has 110 valence electrons. The van der Waals surface area contributed by atoms with Gasteiger partial charge in [-0.3, -0.25) is 0 Å². The van der Waals surface area contributed by atoms with Gasteiger partial charge in [-0.2, -0.15) is 5.21 Å². The van der Waals surface area contributed by atoms with Crippen LogP contribution in [0.5, 0.6) is 0 Å². The van der Waals surface area contributed by atoms with Gasteiger partial charge in [-0.25, -0.2) is 4.79 Å². The van der Waals surface area contributed by atoms with E-state index < -0.39 is 0 Å². The zero-order valence-corrected chi connectivity index (χ0v) is 13.3. The van der Waals surface area contributed by atoms with E-state index in [0.717, 1.165) is 24.1 Å². The number of carbonyl (C=O) groups excluding carboxylic acids is 1. The lowest BCUT2D eigenvalue weighted by molar-refractivity contribution is -0.916. The summed E-state index contributed by atoms with van der Waals surface area (Å²) in [5.74, 6) is 0.397. The second-order valence-corrected chi connectivity index (χ2v) is 4.25. The van der Waals surface area contributed by atoms with Gasteiger partial charge >= 0.3 is 5.97 Å². The molecule has 0 aliphatic heterocycles. The highest BCUT2D eigenvalue weighted by molar-refractivity contribution is 5.70. The van der Waals surface area contributed by atoms with Crippen molar-refractivity contribution in [2.24, 2.45) is 0 Å². The predicted molar refractivity (Wildman–Crippen MR) is 65.6 cm³/mol. The molecule has 0 saturated carbocycles. The summed E-state index contributed by atoms with van der Waals surface area (Å²) in [5, 5.41) is 13.4. The van der Waals surface area contributed by atoms with E-state index in [1.165, 1.54) is 0 Å². The number of H-pyrrole nitrogens is 1. The Morgan fingerprint density at radius 2 is 1.89 bits per heavy atom. The quantitative estimate of drug-likeness (QED) is 0.409. The number of halogens is 1. The molecule has 1 rings (SSSR count). The zero-order chi connectivity index (χ0) is 13.4. The lowest BCUT2D eigenvalue weighted by atomic mass is 10.3. The maximum absolute atomic E-state index is 11.8. The molecule has 0 spiro atoms. The van der Waals surface area contributed by atoms with Gasteiger partial charge in [0.15, 0.2) is 12.4 Å². The molecule has 1 heterocycles. The Labute approximate surface area is 124 Å². The van der Waals surface area contributed by atoms with E-state index in [4.69, 9.17) is 4.74 Å². The molecule has 0 saturated heterocycles. The number of aromatic nitrogens is 4. The summed E-state index contributed by atoms with van der Waals surface area (Å²) in [6.07, 6.45) is 0.493. The van der Waals surface area contributed by atoms with Crippen molar-refractivity contribution in [2.75, 3.05) is 32.8 Å². The number of aromatic amines is 1. The number of quaternary nitrogens is 1. The first-order chi connectivity index (χ1) is 8.65. The molecule has 1 aromatic heterocycles. The molecule has 19 heavy (non-hydrogen) atoms. The van der Waals surface area contributed by atoms with E-state index >= 15 is 0 Å². The van der Waals surface area contributed by atoms with E-state index in [1.807, 2.05) is 0 Å². The van der Waals surface area contributed by atoms with Gasteiger partial charge in [0.1, 0.15) is 0 Å². The van der Waals surface area contributed by atoms with Gasteiger partial charge in [0.2, 0.25) is 0 Å². The molecule has 7 nitrogen and oxygen atoms in total. The van der Waals surface area contributed by atoms with Crippen molar-refractivity contribution in [2.45, 2.75) is 27.2 Å². The zero-order valence-electron chi connectivity index (χ0n) is 11.7. The minimum atomic E-state index is -0.163. The summed E-state index contributed by atoms with van der Waals surface area (Å²) in [4.78, 5) is 11.8. The monoisotopic (exact) mass is 335 g/mol. The van der Waals surface area contributed by atoms with E-state index in [2.05, 4.69) is 41.4 Å². The molecule has 1 N–H and O–H groups in total. The maximum atomic E-state index is 11.8. The number of hydrogen-bond donors (Lipinski definition) is 1. The Hall–Kier alpha value is -1.02. The Balaban J connectivity index is 0.00000324. The van der Waals surface area contributed by atoms with Crippen LogP contribution in [0.1, 0.15) is 26.6 Å². The van der Waals surface area contributed by atoms with Crippen molar-refractivity contribution in [1.82, 2.24) is 20.6 Å². The average Bonchev–Trinajstić information content (AvgIpc) is 2.89. The molecule has 0 radical (unpaired) electrons. The van der Waals surface area contributed by atoms with Crippen LogP contribution in [0.2, 0.25) is 0 Å². The second-order valence-electron chi connectivity index (χ2n) is 4.25. The Morgan fingerprint density at radius 1 is 1.26 bits per heavy atom. The molecule has 0 amide bonds. The average molecular weight is 336 g/mol. The summed E-state index contributed by atoms with van der Waals surface area (Å²) in [7, 11) is 0. The van der Waals surface area contributed by atoms with Crippen LogP contribution in [0.4, 0.5) is 0 Å².